The summed E-state index contributed by atoms with van der Waals surface area (Å²) in [7, 11) is 0. The van der Waals surface area contributed by atoms with E-state index >= 15 is 0 Å². The van der Waals surface area contributed by atoms with Crippen LogP contribution in [0.15, 0.2) is 36.5 Å². The van der Waals surface area contributed by atoms with Crippen molar-refractivity contribution in [2.24, 2.45) is 22.7 Å². The molecule has 2 saturated carbocycles. The second-order valence-electron chi connectivity index (χ2n) is 14.3. The Morgan fingerprint density at radius 2 is 1.34 bits per heavy atom. The van der Waals surface area contributed by atoms with Crippen molar-refractivity contribution in [3.8, 4) is 0 Å². The summed E-state index contributed by atoms with van der Waals surface area (Å²) in [6.07, 6.45) is 35.7. The summed E-state index contributed by atoms with van der Waals surface area (Å²) < 4.78 is 0. The largest absolute Gasteiger partial charge is 0.481 e. The third kappa shape index (κ3) is 11.4. The number of aliphatic carboxylic acids is 1. The molecule has 41 heavy (non-hydrogen) atoms. The SMILES string of the molecule is C=C/C(C)=C/C[C@H]1C(=C)CCC2[C@@](CCCCCCCCCCCCCCCCCCCC)(C(=O)O)CCC[C@@]21C. The van der Waals surface area contributed by atoms with Gasteiger partial charge in [0.05, 0.1) is 5.41 Å². The minimum atomic E-state index is -0.543. The van der Waals surface area contributed by atoms with Crippen LogP contribution in [0.3, 0.4) is 0 Å². The van der Waals surface area contributed by atoms with Crippen LogP contribution < -0.4 is 0 Å². The maximum atomic E-state index is 12.9. The summed E-state index contributed by atoms with van der Waals surface area (Å²) >= 11 is 0. The van der Waals surface area contributed by atoms with Crippen LogP contribution in [0.1, 0.15) is 181 Å². The van der Waals surface area contributed by atoms with Gasteiger partial charge in [-0.15, -0.1) is 0 Å². The fourth-order valence-corrected chi connectivity index (χ4v) is 8.58. The fraction of sp³-hybridized carbons (Fsp3) is 0.821. The van der Waals surface area contributed by atoms with Gasteiger partial charge in [-0.25, -0.2) is 0 Å². The number of carboxylic acids is 1. The molecule has 2 heteroatoms. The number of carboxylic acid groups (broad SMARTS) is 1. The molecule has 0 heterocycles. The monoisotopic (exact) mass is 569 g/mol. The molecule has 0 radical (unpaired) electrons. The molecule has 0 spiro atoms. The van der Waals surface area contributed by atoms with Crippen LogP contribution in [0.5, 0.6) is 0 Å². The molecular weight excluding hydrogens is 500 g/mol. The van der Waals surface area contributed by atoms with Crippen molar-refractivity contribution in [3.05, 3.63) is 36.5 Å². The highest BCUT2D eigenvalue weighted by molar-refractivity contribution is 5.75. The zero-order valence-corrected chi connectivity index (χ0v) is 27.8. The molecule has 2 fully saturated rings. The highest BCUT2D eigenvalue weighted by atomic mass is 16.4. The normalized spacial score (nSPS) is 26.6. The lowest BCUT2D eigenvalue weighted by Crippen LogP contribution is -2.54. The van der Waals surface area contributed by atoms with Crippen molar-refractivity contribution >= 4 is 5.97 Å². The smallest absolute Gasteiger partial charge is 0.309 e. The van der Waals surface area contributed by atoms with Crippen LogP contribution in [-0.4, -0.2) is 11.1 Å². The van der Waals surface area contributed by atoms with Crippen molar-refractivity contribution in [1.29, 1.82) is 0 Å². The summed E-state index contributed by atoms with van der Waals surface area (Å²) in [6, 6.07) is 0. The van der Waals surface area contributed by atoms with Crippen LogP contribution in [0.4, 0.5) is 0 Å². The molecule has 0 bridgehead atoms. The first kappa shape index (κ1) is 35.9. The zero-order chi connectivity index (χ0) is 30.0. The Kier molecular flexibility index (Phi) is 17.3. The molecule has 0 aromatic carbocycles. The minimum Gasteiger partial charge on any atom is -0.481 e. The summed E-state index contributed by atoms with van der Waals surface area (Å²) in [6.45, 7) is 15.2. The molecule has 1 unspecified atom stereocenters. The Bertz CT molecular complexity index is 793. The highest BCUT2D eigenvalue weighted by Crippen LogP contribution is 2.63. The third-order valence-electron chi connectivity index (χ3n) is 11.2. The van der Waals surface area contributed by atoms with E-state index in [4.69, 9.17) is 0 Å². The van der Waals surface area contributed by atoms with Crippen LogP contribution in [0.25, 0.3) is 0 Å². The predicted molar refractivity (Wildman–Crippen MR) is 179 cm³/mol. The number of allylic oxidation sites excluding steroid dienone is 4. The number of unbranched alkanes of at least 4 members (excludes halogenated alkanes) is 17. The number of carbonyl (C=O) groups is 1. The number of hydrogen-bond acceptors (Lipinski definition) is 1. The third-order valence-corrected chi connectivity index (χ3v) is 11.2. The maximum Gasteiger partial charge on any atom is 0.309 e. The Morgan fingerprint density at radius 3 is 1.80 bits per heavy atom. The molecule has 236 valence electrons. The molecular formula is C39H68O2. The second-order valence-corrected chi connectivity index (χ2v) is 14.3. The van der Waals surface area contributed by atoms with Gasteiger partial charge in [0.15, 0.2) is 0 Å². The van der Waals surface area contributed by atoms with E-state index in [-0.39, 0.29) is 11.3 Å². The molecule has 2 aliphatic carbocycles. The lowest BCUT2D eigenvalue weighted by molar-refractivity contribution is -0.168. The summed E-state index contributed by atoms with van der Waals surface area (Å²) in [5, 5.41) is 10.6. The van der Waals surface area contributed by atoms with Gasteiger partial charge in [-0.1, -0.05) is 172 Å². The van der Waals surface area contributed by atoms with E-state index in [2.05, 4.69) is 40.0 Å². The topological polar surface area (TPSA) is 37.3 Å². The van der Waals surface area contributed by atoms with Gasteiger partial charge in [-0.2, -0.15) is 0 Å². The Morgan fingerprint density at radius 1 is 0.854 bits per heavy atom. The van der Waals surface area contributed by atoms with Gasteiger partial charge < -0.3 is 5.11 Å². The van der Waals surface area contributed by atoms with Crippen molar-refractivity contribution in [2.75, 3.05) is 0 Å². The first-order valence-electron chi connectivity index (χ1n) is 18.0. The Labute approximate surface area is 255 Å². The average molecular weight is 569 g/mol. The van der Waals surface area contributed by atoms with Crippen molar-refractivity contribution in [1.82, 2.24) is 0 Å². The molecule has 4 atom stereocenters. The molecule has 2 aliphatic rings. The van der Waals surface area contributed by atoms with E-state index in [0.717, 1.165) is 51.4 Å². The first-order valence-corrected chi connectivity index (χ1v) is 18.0. The molecule has 2 rings (SSSR count). The summed E-state index contributed by atoms with van der Waals surface area (Å²) in [5.41, 5.74) is 2.05. The Balaban J connectivity index is 1.65. The van der Waals surface area contributed by atoms with Gasteiger partial charge in [0.25, 0.3) is 0 Å². The summed E-state index contributed by atoms with van der Waals surface area (Å²) in [5.74, 6) is 0.125. The fourth-order valence-electron chi connectivity index (χ4n) is 8.58. The van der Waals surface area contributed by atoms with E-state index in [9.17, 15) is 9.90 Å². The van der Waals surface area contributed by atoms with Gasteiger partial charge in [-0.05, 0) is 62.7 Å². The molecule has 1 N–H and O–H groups in total. The molecule has 0 aliphatic heterocycles. The number of fused-ring (bicyclic) bond motifs is 1. The van der Waals surface area contributed by atoms with Crippen LogP contribution in [-0.2, 0) is 4.79 Å². The van der Waals surface area contributed by atoms with E-state index in [1.165, 1.54) is 120 Å². The molecule has 2 nitrogen and oxygen atoms in total. The zero-order valence-electron chi connectivity index (χ0n) is 27.8. The van der Waals surface area contributed by atoms with Crippen LogP contribution in [0.2, 0.25) is 0 Å². The van der Waals surface area contributed by atoms with Crippen molar-refractivity contribution in [3.63, 3.8) is 0 Å². The Hall–Kier alpha value is -1.31. The maximum absolute atomic E-state index is 12.9. The van der Waals surface area contributed by atoms with Gasteiger partial charge in [0, 0.05) is 0 Å². The van der Waals surface area contributed by atoms with Crippen LogP contribution >= 0.6 is 0 Å². The van der Waals surface area contributed by atoms with E-state index in [0.29, 0.717) is 5.92 Å². The predicted octanol–water partition coefficient (Wildman–Crippen LogP) is 12.8. The highest BCUT2D eigenvalue weighted by Gasteiger charge is 2.58. The van der Waals surface area contributed by atoms with Crippen molar-refractivity contribution < 1.29 is 9.90 Å². The van der Waals surface area contributed by atoms with Gasteiger partial charge in [0.2, 0.25) is 0 Å². The molecule has 0 amide bonds. The standard InChI is InChI=1S/C39H68O2/c1-6-8-9-10-11-12-13-14-15-16-17-18-19-20-21-22-23-24-31-39(37(40)41)32-25-30-38(5)35(28-26-33(3)7-2)34(4)27-29-36(38)39/h7,26,35-36H,2,4,6,8-25,27-32H2,1,3,5H3,(H,40,41)/b33-26+/t35-,36?,38+,39-/m0/s1. The van der Waals surface area contributed by atoms with E-state index in [1.807, 2.05) is 6.08 Å². The van der Waals surface area contributed by atoms with Crippen molar-refractivity contribution in [2.45, 2.75) is 181 Å². The van der Waals surface area contributed by atoms with Crippen LogP contribution in [0, 0.1) is 22.7 Å². The number of hydrogen-bond donors (Lipinski definition) is 1. The molecule has 0 aromatic rings. The molecule has 0 aromatic heterocycles. The number of rotatable bonds is 23. The molecule has 0 saturated heterocycles. The van der Waals surface area contributed by atoms with Gasteiger partial charge in [0.1, 0.15) is 0 Å². The second kappa shape index (κ2) is 19.8. The minimum absolute atomic E-state index is 0.0399. The first-order chi connectivity index (χ1) is 19.8. The average Bonchev–Trinajstić information content (AvgIpc) is 2.95. The quantitative estimate of drug-likeness (QED) is 0.0756. The van der Waals surface area contributed by atoms with Gasteiger partial charge >= 0.3 is 5.97 Å². The van der Waals surface area contributed by atoms with E-state index in [1.54, 1.807) is 0 Å². The van der Waals surface area contributed by atoms with Gasteiger partial charge in [-0.3, -0.25) is 4.79 Å². The summed E-state index contributed by atoms with van der Waals surface area (Å²) in [4.78, 5) is 12.9. The van der Waals surface area contributed by atoms with E-state index < -0.39 is 11.4 Å². The lowest BCUT2D eigenvalue weighted by atomic mass is 9.45. The lowest BCUT2D eigenvalue weighted by Gasteiger charge is -2.58.